The number of likely N-dealkylation sites (N-methyl/N-ethyl adjacent to an activating group) is 1. The second-order valence-corrected chi connectivity index (χ2v) is 5.03. The van der Waals surface area contributed by atoms with Crippen LogP contribution in [0, 0.1) is 0 Å². The van der Waals surface area contributed by atoms with Crippen molar-refractivity contribution in [1.82, 2.24) is 14.9 Å². The third-order valence-electron chi connectivity index (χ3n) is 2.42. The fourth-order valence-electron chi connectivity index (χ4n) is 1.53. The fraction of sp³-hybridized carbons (Fsp3) is 0.583. The number of thioether (sulfide) groups is 1. The molecule has 0 fully saturated rings. The van der Waals surface area contributed by atoms with Gasteiger partial charge in [-0.25, -0.2) is 9.97 Å². The molecule has 0 aromatic carbocycles. The van der Waals surface area contributed by atoms with E-state index in [1.165, 1.54) is 11.8 Å². The molecule has 2 N–H and O–H groups in total. The van der Waals surface area contributed by atoms with Gasteiger partial charge in [-0.15, -0.1) is 0 Å². The van der Waals surface area contributed by atoms with E-state index in [2.05, 4.69) is 20.6 Å². The first-order valence-electron chi connectivity index (χ1n) is 6.12. The molecule has 0 radical (unpaired) electrons. The zero-order chi connectivity index (χ0) is 14.4. The van der Waals surface area contributed by atoms with Gasteiger partial charge in [0.05, 0.1) is 0 Å². The van der Waals surface area contributed by atoms with Crippen LogP contribution in [-0.2, 0) is 4.79 Å². The van der Waals surface area contributed by atoms with Gasteiger partial charge in [0.1, 0.15) is 17.7 Å². The lowest BCUT2D eigenvalue weighted by Gasteiger charge is -2.19. The van der Waals surface area contributed by atoms with Crippen LogP contribution in [0.4, 0.5) is 11.6 Å². The molecule has 0 saturated heterocycles. The summed E-state index contributed by atoms with van der Waals surface area (Å²) in [7, 11) is 3.47. The van der Waals surface area contributed by atoms with Crippen molar-refractivity contribution in [2.45, 2.75) is 25.0 Å². The number of hydrogen-bond donors (Lipinski definition) is 2. The smallest absolute Gasteiger partial charge is 0.244 e. The number of nitrogens with zero attached hydrogens (tertiary/aromatic N) is 3. The number of carbonyl (C=O) groups is 1. The molecule has 0 bridgehead atoms. The van der Waals surface area contributed by atoms with Crippen LogP contribution in [-0.4, -0.2) is 53.7 Å². The van der Waals surface area contributed by atoms with E-state index in [9.17, 15) is 4.79 Å². The maximum Gasteiger partial charge on any atom is 0.244 e. The van der Waals surface area contributed by atoms with E-state index in [1.54, 1.807) is 19.0 Å². The highest BCUT2D eigenvalue weighted by atomic mass is 32.2. The molecule has 1 atom stereocenters. The van der Waals surface area contributed by atoms with E-state index < -0.39 is 0 Å². The monoisotopic (exact) mass is 283 g/mol. The molecular weight excluding hydrogens is 262 g/mol. The van der Waals surface area contributed by atoms with Gasteiger partial charge in [-0.2, -0.15) is 0 Å². The predicted molar refractivity (Wildman–Crippen MR) is 79.8 cm³/mol. The van der Waals surface area contributed by atoms with Crippen molar-refractivity contribution in [2.24, 2.45) is 0 Å². The maximum absolute atomic E-state index is 11.8. The molecule has 1 amide bonds. The Bertz CT molecular complexity index is 438. The minimum atomic E-state index is -0.325. The van der Waals surface area contributed by atoms with E-state index in [1.807, 2.05) is 26.2 Å². The van der Waals surface area contributed by atoms with Gasteiger partial charge < -0.3 is 15.5 Å². The van der Waals surface area contributed by atoms with Crippen molar-refractivity contribution in [3.05, 3.63) is 6.07 Å². The highest BCUT2D eigenvalue weighted by Crippen LogP contribution is 2.17. The summed E-state index contributed by atoms with van der Waals surface area (Å²) in [5.74, 6) is 1.42. The fourth-order valence-corrected chi connectivity index (χ4v) is 1.91. The summed E-state index contributed by atoms with van der Waals surface area (Å²) in [6.07, 6.45) is 1.92. The number of anilines is 2. The van der Waals surface area contributed by atoms with E-state index >= 15 is 0 Å². The molecular formula is C12H21N5OS. The van der Waals surface area contributed by atoms with Gasteiger partial charge in [-0.3, -0.25) is 4.79 Å². The van der Waals surface area contributed by atoms with Gasteiger partial charge in [-0.1, -0.05) is 11.8 Å². The molecule has 106 valence electrons. The quantitative estimate of drug-likeness (QED) is 0.609. The van der Waals surface area contributed by atoms with Gasteiger partial charge in [0.15, 0.2) is 5.16 Å². The average Bonchev–Trinajstić information content (AvgIpc) is 2.37. The summed E-state index contributed by atoms with van der Waals surface area (Å²) in [5.41, 5.74) is 0. The van der Waals surface area contributed by atoms with Crippen molar-refractivity contribution in [1.29, 1.82) is 0 Å². The van der Waals surface area contributed by atoms with Crippen molar-refractivity contribution >= 4 is 29.3 Å². The Hall–Kier alpha value is -1.50. The van der Waals surface area contributed by atoms with Crippen LogP contribution in [0.5, 0.6) is 0 Å². The molecule has 0 saturated carbocycles. The second kappa shape index (κ2) is 7.18. The summed E-state index contributed by atoms with van der Waals surface area (Å²) in [6, 6.07) is 1.48. The molecule has 19 heavy (non-hydrogen) atoms. The topological polar surface area (TPSA) is 70.2 Å². The van der Waals surface area contributed by atoms with Gasteiger partial charge >= 0.3 is 0 Å². The molecule has 6 nitrogen and oxygen atoms in total. The van der Waals surface area contributed by atoms with Crippen molar-refractivity contribution in [3.63, 3.8) is 0 Å². The number of aromatic nitrogens is 2. The van der Waals surface area contributed by atoms with Crippen LogP contribution in [0.2, 0.25) is 0 Å². The number of rotatable bonds is 6. The van der Waals surface area contributed by atoms with E-state index in [0.29, 0.717) is 11.0 Å². The van der Waals surface area contributed by atoms with Crippen LogP contribution in [0.25, 0.3) is 0 Å². The number of hydrogen-bond acceptors (Lipinski definition) is 6. The van der Waals surface area contributed by atoms with Gasteiger partial charge in [-0.05, 0) is 20.1 Å². The van der Waals surface area contributed by atoms with Gasteiger partial charge in [0, 0.05) is 26.7 Å². The summed E-state index contributed by atoms with van der Waals surface area (Å²) in [4.78, 5) is 22.0. The molecule has 0 aliphatic carbocycles. The Morgan fingerprint density at radius 1 is 1.42 bits per heavy atom. The Morgan fingerprint density at radius 2 is 2.05 bits per heavy atom. The summed E-state index contributed by atoms with van der Waals surface area (Å²) in [5, 5.41) is 6.92. The lowest BCUT2D eigenvalue weighted by molar-refractivity contribution is -0.129. The van der Waals surface area contributed by atoms with Crippen molar-refractivity contribution in [2.75, 3.05) is 37.5 Å². The molecule has 7 heteroatoms. The first-order chi connectivity index (χ1) is 8.97. The first-order valence-corrected chi connectivity index (χ1v) is 7.35. The number of amides is 1. The first kappa shape index (κ1) is 15.6. The average molecular weight is 283 g/mol. The zero-order valence-electron chi connectivity index (χ0n) is 12.0. The molecule has 0 spiro atoms. The minimum Gasteiger partial charge on any atom is -0.370 e. The van der Waals surface area contributed by atoms with E-state index in [4.69, 9.17) is 0 Å². The van der Waals surface area contributed by atoms with Crippen LogP contribution in [0.15, 0.2) is 11.2 Å². The normalized spacial score (nSPS) is 11.8. The molecule has 1 aromatic heterocycles. The third-order valence-corrected chi connectivity index (χ3v) is 2.97. The SMILES string of the molecule is CCNc1cc(NC(C)C(=O)N(C)C)nc(SC)n1. The number of nitrogens with one attached hydrogen (secondary N) is 2. The maximum atomic E-state index is 11.8. The highest BCUT2D eigenvalue weighted by Gasteiger charge is 2.15. The van der Waals surface area contributed by atoms with E-state index in [0.717, 1.165) is 12.4 Å². The van der Waals surface area contributed by atoms with Gasteiger partial charge in [0.2, 0.25) is 5.91 Å². The molecule has 0 aliphatic rings. The number of carbonyl (C=O) groups excluding carboxylic acids is 1. The Morgan fingerprint density at radius 3 is 2.58 bits per heavy atom. The van der Waals surface area contributed by atoms with Crippen molar-refractivity contribution < 1.29 is 4.79 Å². The minimum absolute atomic E-state index is 0.00862. The summed E-state index contributed by atoms with van der Waals surface area (Å²) >= 11 is 1.47. The largest absolute Gasteiger partial charge is 0.370 e. The molecule has 1 heterocycles. The second-order valence-electron chi connectivity index (χ2n) is 4.25. The zero-order valence-corrected chi connectivity index (χ0v) is 12.8. The van der Waals surface area contributed by atoms with Crippen molar-refractivity contribution in [3.8, 4) is 0 Å². The van der Waals surface area contributed by atoms with E-state index in [-0.39, 0.29) is 11.9 Å². The summed E-state index contributed by atoms with van der Waals surface area (Å²) in [6.45, 7) is 4.61. The lowest BCUT2D eigenvalue weighted by atomic mass is 10.3. The van der Waals surface area contributed by atoms with Crippen LogP contribution in [0.3, 0.4) is 0 Å². The van der Waals surface area contributed by atoms with Gasteiger partial charge in [0.25, 0.3) is 0 Å². The molecule has 1 rings (SSSR count). The Labute approximate surface area is 118 Å². The van der Waals surface area contributed by atoms with Crippen LogP contribution < -0.4 is 10.6 Å². The van der Waals surface area contributed by atoms with Crippen LogP contribution in [0.1, 0.15) is 13.8 Å². The Kier molecular flexibility index (Phi) is 5.88. The molecule has 1 aromatic rings. The highest BCUT2D eigenvalue weighted by molar-refractivity contribution is 7.98. The molecule has 0 aliphatic heterocycles. The standard InChI is InChI=1S/C12H21N5OS/c1-6-13-9-7-10(16-12(15-9)19-5)14-8(2)11(18)17(3)4/h7-8H,6H2,1-5H3,(H2,13,14,15,16). The van der Waals surface area contributed by atoms with Crippen LogP contribution >= 0.6 is 11.8 Å². The third kappa shape index (κ3) is 4.59. The Balaban J connectivity index is 2.87. The summed E-state index contributed by atoms with van der Waals surface area (Å²) < 4.78 is 0. The predicted octanol–water partition coefficient (Wildman–Crippen LogP) is 1.52. The molecule has 1 unspecified atom stereocenters. The lowest BCUT2D eigenvalue weighted by Crippen LogP contribution is -2.36.